The summed E-state index contributed by atoms with van der Waals surface area (Å²) in [5.74, 6) is -1.49. The molecule has 0 spiro atoms. The van der Waals surface area contributed by atoms with Gasteiger partial charge >= 0.3 is 5.97 Å². The molecule has 0 aliphatic carbocycles. The van der Waals surface area contributed by atoms with Gasteiger partial charge in [-0.1, -0.05) is 0 Å². The molecule has 0 amide bonds. The summed E-state index contributed by atoms with van der Waals surface area (Å²) in [6, 6.07) is 2.40. The standard InChI is InChI=1S/C10H10FNO4/c1-6-3-4-8(11)7(5-9(13)16-2)10(6)12(14)15/h3-4H,5H2,1-2H3. The van der Waals surface area contributed by atoms with Crippen LogP contribution < -0.4 is 0 Å². The molecule has 86 valence electrons. The molecule has 5 nitrogen and oxygen atoms in total. The zero-order chi connectivity index (χ0) is 12.3. The van der Waals surface area contributed by atoms with Gasteiger partial charge in [-0.05, 0) is 19.1 Å². The lowest BCUT2D eigenvalue weighted by Crippen LogP contribution is -2.09. The van der Waals surface area contributed by atoms with E-state index >= 15 is 0 Å². The van der Waals surface area contributed by atoms with Crippen LogP contribution in [0.4, 0.5) is 10.1 Å². The zero-order valence-electron chi connectivity index (χ0n) is 8.82. The highest BCUT2D eigenvalue weighted by Crippen LogP contribution is 2.26. The van der Waals surface area contributed by atoms with Gasteiger partial charge in [0, 0.05) is 5.56 Å². The van der Waals surface area contributed by atoms with Crippen LogP contribution in [-0.2, 0) is 16.0 Å². The van der Waals surface area contributed by atoms with Crippen molar-refractivity contribution < 1.29 is 18.8 Å². The first-order valence-electron chi connectivity index (χ1n) is 4.46. The summed E-state index contributed by atoms with van der Waals surface area (Å²) >= 11 is 0. The Morgan fingerprint density at radius 2 is 2.19 bits per heavy atom. The lowest BCUT2D eigenvalue weighted by Gasteiger charge is -2.05. The first-order chi connectivity index (χ1) is 7.47. The number of hydrogen-bond donors (Lipinski definition) is 0. The Hall–Kier alpha value is -1.98. The molecule has 0 atom stereocenters. The van der Waals surface area contributed by atoms with Crippen molar-refractivity contribution in [3.8, 4) is 0 Å². The normalized spacial score (nSPS) is 9.94. The van der Waals surface area contributed by atoms with Crippen LogP contribution in [0.5, 0.6) is 0 Å². The molecule has 0 fully saturated rings. The van der Waals surface area contributed by atoms with E-state index in [9.17, 15) is 19.3 Å². The third-order valence-electron chi connectivity index (χ3n) is 2.16. The zero-order valence-corrected chi connectivity index (χ0v) is 8.82. The minimum atomic E-state index is -0.775. The number of carbonyl (C=O) groups is 1. The minimum absolute atomic E-state index is 0.239. The largest absolute Gasteiger partial charge is 0.469 e. The van der Waals surface area contributed by atoms with Crippen LogP contribution in [0.1, 0.15) is 11.1 Å². The topological polar surface area (TPSA) is 69.4 Å². The molecule has 0 aromatic heterocycles. The average molecular weight is 227 g/mol. The van der Waals surface area contributed by atoms with Crippen LogP contribution in [0.2, 0.25) is 0 Å². The van der Waals surface area contributed by atoms with E-state index in [1.165, 1.54) is 13.0 Å². The molecule has 0 bridgehead atoms. The quantitative estimate of drug-likeness (QED) is 0.448. The number of esters is 1. The molecule has 0 N–H and O–H groups in total. The molecule has 1 aromatic carbocycles. The number of hydrogen-bond acceptors (Lipinski definition) is 4. The van der Waals surface area contributed by atoms with Gasteiger partial charge in [0.2, 0.25) is 0 Å². The van der Waals surface area contributed by atoms with Crippen molar-refractivity contribution >= 4 is 11.7 Å². The van der Waals surface area contributed by atoms with Gasteiger partial charge in [-0.25, -0.2) is 4.39 Å². The number of ether oxygens (including phenoxy) is 1. The fraction of sp³-hybridized carbons (Fsp3) is 0.300. The Morgan fingerprint density at radius 1 is 1.56 bits per heavy atom. The van der Waals surface area contributed by atoms with Crippen molar-refractivity contribution in [3.63, 3.8) is 0 Å². The number of halogens is 1. The van der Waals surface area contributed by atoms with Crippen molar-refractivity contribution in [1.82, 2.24) is 0 Å². The highest BCUT2D eigenvalue weighted by Gasteiger charge is 2.23. The molecule has 0 radical (unpaired) electrons. The summed E-state index contributed by atoms with van der Waals surface area (Å²) < 4.78 is 17.7. The SMILES string of the molecule is COC(=O)Cc1c(F)ccc(C)c1[N+](=O)[O-]. The van der Waals surface area contributed by atoms with Crippen LogP contribution >= 0.6 is 0 Å². The molecule has 0 unspecified atom stereocenters. The molecule has 6 heteroatoms. The Morgan fingerprint density at radius 3 is 2.69 bits per heavy atom. The summed E-state index contributed by atoms with van der Waals surface area (Å²) in [7, 11) is 1.14. The second-order valence-electron chi connectivity index (χ2n) is 3.20. The van der Waals surface area contributed by atoms with Crippen LogP contribution in [0, 0.1) is 22.9 Å². The number of methoxy groups -OCH3 is 1. The Kier molecular flexibility index (Phi) is 3.55. The number of benzene rings is 1. The first kappa shape index (κ1) is 12.1. The average Bonchev–Trinajstić information content (AvgIpc) is 2.22. The van der Waals surface area contributed by atoms with Crippen molar-refractivity contribution in [1.29, 1.82) is 0 Å². The van der Waals surface area contributed by atoms with Crippen LogP contribution in [0.25, 0.3) is 0 Å². The fourth-order valence-corrected chi connectivity index (χ4v) is 1.37. The number of nitro benzene ring substituents is 1. The van der Waals surface area contributed by atoms with Crippen molar-refractivity contribution in [3.05, 3.63) is 39.2 Å². The van der Waals surface area contributed by atoms with E-state index in [2.05, 4.69) is 4.74 Å². The molecule has 0 saturated carbocycles. The molecule has 0 aliphatic rings. The van der Waals surface area contributed by atoms with Gasteiger partial charge < -0.3 is 4.74 Å². The molecular weight excluding hydrogens is 217 g/mol. The van der Waals surface area contributed by atoms with E-state index in [0.717, 1.165) is 13.2 Å². The van der Waals surface area contributed by atoms with E-state index in [1.54, 1.807) is 0 Å². The minimum Gasteiger partial charge on any atom is -0.469 e. The summed E-state index contributed by atoms with van der Waals surface area (Å²) in [6.07, 6.45) is -0.444. The number of nitro groups is 1. The molecular formula is C10H10FNO4. The highest BCUT2D eigenvalue weighted by atomic mass is 19.1. The number of rotatable bonds is 3. The lowest BCUT2D eigenvalue weighted by molar-refractivity contribution is -0.386. The highest BCUT2D eigenvalue weighted by molar-refractivity contribution is 5.74. The molecule has 0 aliphatic heterocycles. The molecule has 16 heavy (non-hydrogen) atoms. The third-order valence-corrected chi connectivity index (χ3v) is 2.16. The van der Waals surface area contributed by atoms with E-state index in [-0.39, 0.29) is 11.3 Å². The maximum Gasteiger partial charge on any atom is 0.310 e. The van der Waals surface area contributed by atoms with Gasteiger partial charge in [-0.2, -0.15) is 0 Å². The van der Waals surface area contributed by atoms with E-state index in [0.29, 0.717) is 5.56 Å². The van der Waals surface area contributed by atoms with Gasteiger partial charge in [-0.15, -0.1) is 0 Å². The lowest BCUT2D eigenvalue weighted by atomic mass is 10.0. The van der Waals surface area contributed by atoms with E-state index < -0.39 is 23.1 Å². The van der Waals surface area contributed by atoms with Gasteiger partial charge in [0.15, 0.2) is 0 Å². The maximum absolute atomic E-state index is 13.4. The second-order valence-corrected chi connectivity index (χ2v) is 3.20. The second kappa shape index (κ2) is 4.69. The Bertz CT molecular complexity index is 445. The summed E-state index contributed by atoms with van der Waals surface area (Å²) in [5, 5.41) is 10.8. The van der Waals surface area contributed by atoms with Gasteiger partial charge in [0.05, 0.1) is 24.0 Å². The predicted molar refractivity (Wildman–Crippen MR) is 53.5 cm³/mol. The van der Waals surface area contributed by atoms with Crippen LogP contribution in [-0.4, -0.2) is 18.0 Å². The molecule has 1 aromatic rings. The van der Waals surface area contributed by atoms with Crippen LogP contribution in [0.15, 0.2) is 12.1 Å². The van der Waals surface area contributed by atoms with Crippen molar-refractivity contribution in [2.75, 3.05) is 7.11 Å². The van der Waals surface area contributed by atoms with E-state index in [4.69, 9.17) is 0 Å². The number of nitrogens with zero attached hydrogens (tertiary/aromatic N) is 1. The summed E-state index contributed by atoms with van der Waals surface area (Å²) in [5.41, 5.74) is -0.299. The molecule has 1 rings (SSSR count). The maximum atomic E-state index is 13.4. The van der Waals surface area contributed by atoms with E-state index in [1.807, 2.05) is 0 Å². The number of aryl methyl sites for hydroxylation is 1. The third kappa shape index (κ3) is 2.33. The van der Waals surface area contributed by atoms with Gasteiger partial charge in [0.1, 0.15) is 5.82 Å². The summed E-state index contributed by atoms with van der Waals surface area (Å²) in [4.78, 5) is 21.1. The van der Waals surface area contributed by atoms with Gasteiger partial charge in [-0.3, -0.25) is 14.9 Å². The fourth-order valence-electron chi connectivity index (χ4n) is 1.37. The molecule has 0 saturated heterocycles. The molecule has 0 heterocycles. The first-order valence-corrected chi connectivity index (χ1v) is 4.46. The van der Waals surface area contributed by atoms with Gasteiger partial charge in [0.25, 0.3) is 5.69 Å². The Balaban J connectivity index is 3.28. The number of carbonyl (C=O) groups excluding carboxylic acids is 1. The van der Waals surface area contributed by atoms with Crippen LogP contribution in [0.3, 0.4) is 0 Å². The predicted octanol–water partition coefficient (Wildman–Crippen LogP) is 1.76. The Labute approximate surface area is 91.0 Å². The smallest absolute Gasteiger partial charge is 0.310 e. The van der Waals surface area contributed by atoms with Crippen molar-refractivity contribution in [2.45, 2.75) is 13.3 Å². The monoisotopic (exact) mass is 227 g/mol. The van der Waals surface area contributed by atoms with Crippen molar-refractivity contribution in [2.24, 2.45) is 0 Å². The summed E-state index contributed by atoms with van der Waals surface area (Å²) in [6.45, 7) is 1.48.